The van der Waals surface area contributed by atoms with Crippen LogP contribution in [0, 0.1) is 10.1 Å². The van der Waals surface area contributed by atoms with Crippen LogP contribution >= 0.6 is 15.9 Å². The number of carbonyl (C=O) groups excluding carboxylic acids is 1. The van der Waals surface area contributed by atoms with Crippen LogP contribution in [0.5, 0.6) is 0 Å². The molecule has 0 aliphatic rings. The van der Waals surface area contributed by atoms with Crippen molar-refractivity contribution < 1.29 is 14.5 Å². The lowest BCUT2D eigenvalue weighted by molar-refractivity contribution is -0.385. The Hall–Kier alpha value is -1.67. The molecular weight excluding hydrogens is 378 g/mol. The summed E-state index contributed by atoms with van der Waals surface area (Å²) in [7, 11) is 1.90. The number of benzene rings is 1. The van der Waals surface area contributed by atoms with Crippen molar-refractivity contribution in [2.24, 2.45) is 0 Å². The third-order valence-electron chi connectivity index (χ3n) is 3.33. The van der Waals surface area contributed by atoms with E-state index in [9.17, 15) is 14.9 Å². The maximum Gasteiger partial charge on any atom is 0.407 e. The number of ether oxygens (including phenoxy) is 1. The van der Waals surface area contributed by atoms with Crippen molar-refractivity contribution in [2.75, 3.05) is 13.6 Å². The highest BCUT2D eigenvalue weighted by atomic mass is 79.9. The molecule has 0 unspecified atom stereocenters. The van der Waals surface area contributed by atoms with E-state index in [2.05, 4.69) is 21.2 Å². The predicted octanol–water partition coefficient (Wildman–Crippen LogP) is 3.70. The number of nitrogens with zero attached hydrogens (tertiary/aromatic N) is 2. The quantitative estimate of drug-likeness (QED) is 0.579. The largest absolute Gasteiger partial charge is 0.444 e. The number of nitro benzene ring substituents is 1. The maximum atomic E-state index is 11.7. The minimum absolute atomic E-state index is 0.0419. The molecule has 8 heteroatoms. The molecule has 1 N–H and O–H groups in total. The summed E-state index contributed by atoms with van der Waals surface area (Å²) in [5.41, 5.74) is 0.340. The van der Waals surface area contributed by atoms with Crippen molar-refractivity contribution in [3.63, 3.8) is 0 Å². The lowest BCUT2D eigenvalue weighted by Gasteiger charge is -2.26. The van der Waals surface area contributed by atoms with E-state index in [4.69, 9.17) is 4.74 Å². The second-order valence-electron chi connectivity index (χ2n) is 6.69. The number of hydrogen-bond donors (Lipinski definition) is 1. The highest BCUT2D eigenvalue weighted by Crippen LogP contribution is 2.26. The number of nitro groups is 1. The molecule has 1 rings (SSSR count). The first-order chi connectivity index (χ1) is 11.0. The van der Waals surface area contributed by atoms with Gasteiger partial charge in [-0.05, 0) is 62.3 Å². The number of nitrogens with one attached hydrogen (secondary N) is 1. The monoisotopic (exact) mass is 401 g/mol. The summed E-state index contributed by atoms with van der Waals surface area (Å²) >= 11 is 3.17. The molecule has 0 fully saturated rings. The van der Waals surface area contributed by atoms with Crippen LogP contribution in [-0.2, 0) is 11.3 Å². The van der Waals surface area contributed by atoms with Crippen molar-refractivity contribution >= 4 is 27.7 Å². The van der Waals surface area contributed by atoms with Crippen molar-refractivity contribution in [3.8, 4) is 0 Å². The van der Waals surface area contributed by atoms with Crippen molar-refractivity contribution in [1.29, 1.82) is 0 Å². The van der Waals surface area contributed by atoms with E-state index in [0.29, 0.717) is 17.6 Å². The number of hydrogen-bond acceptors (Lipinski definition) is 5. The topological polar surface area (TPSA) is 84.7 Å². The Morgan fingerprint density at radius 1 is 1.46 bits per heavy atom. The zero-order chi connectivity index (χ0) is 18.5. The normalized spacial score (nSPS) is 12.8. The molecule has 1 amide bonds. The molecule has 1 aromatic carbocycles. The lowest BCUT2D eigenvalue weighted by atomic mass is 10.1. The maximum absolute atomic E-state index is 11.7. The number of amides is 1. The Bertz CT molecular complexity index is 601. The van der Waals surface area contributed by atoms with Gasteiger partial charge in [0.05, 0.1) is 9.40 Å². The summed E-state index contributed by atoms with van der Waals surface area (Å²) in [5, 5.41) is 13.7. The van der Waals surface area contributed by atoms with Crippen LogP contribution in [0.2, 0.25) is 0 Å². The summed E-state index contributed by atoms with van der Waals surface area (Å²) in [6.07, 6.45) is -0.456. The molecule has 0 heterocycles. The molecule has 1 atom stereocenters. The smallest absolute Gasteiger partial charge is 0.407 e. The fourth-order valence-electron chi connectivity index (χ4n) is 1.94. The molecule has 0 aliphatic carbocycles. The van der Waals surface area contributed by atoms with Crippen LogP contribution in [0.15, 0.2) is 22.7 Å². The van der Waals surface area contributed by atoms with Gasteiger partial charge < -0.3 is 10.1 Å². The van der Waals surface area contributed by atoms with Crippen molar-refractivity contribution in [1.82, 2.24) is 10.2 Å². The highest BCUT2D eigenvalue weighted by molar-refractivity contribution is 9.10. The molecule has 0 aromatic heterocycles. The van der Waals surface area contributed by atoms with Gasteiger partial charge in [-0.15, -0.1) is 0 Å². The first kappa shape index (κ1) is 20.4. The van der Waals surface area contributed by atoms with E-state index in [1.807, 2.05) is 45.7 Å². The molecule has 134 valence electrons. The average molecular weight is 402 g/mol. The third kappa shape index (κ3) is 6.84. The molecule has 0 saturated heterocycles. The molecule has 0 aliphatic heterocycles. The number of likely N-dealkylation sites (N-methyl/N-ethyl adjacent to an activating group) is 1. The first-order valence-corrected chi connectivity index (χ1v) is 8.39. The Morgan fingerprint density at radius 3 is 2.62 bits per heavy atom. The van der Waals surface area contributed by atoms with Gasteiger partial charge in [0.1, 0.15) is 5.60 Å². The van der Waals surface area contributed by atoms with Crippen LogP contribution in [-0.4, -0.2) is 41.2 Å². The van der Waals surface area contributed by atoms with Crippen LogP contribution in [0.3, 0.4) is 0 Å². The Balaban J connectivity index is 2.58. The summed E-state index contributed by atoms with van der Waals surface area (Å²) in [6.45, 7) is 8.34. The summed E-state index contributed by atoms with van der Waals surface area (Å²) < 4.78 is 5.65. The molecule has 24 heavy (non-hydrogen) atoms. The number of alkyl carbamates (subject to hydrolysis) is 1. The van der Waals surface area contributed by atoms with Crippen LogP contribution in [0.1, 0.15) is 33.3 Å². The van der Waals surface area contributed by atoms with E-state index in [-0.39, 0.29) is 11.7 Å². The molecule has 7 nitrogen and oxygen atoms in total. The Kier molecular flexibility index (Phi) is 7.16. The van der Waals surface area contributed by atoms with E-state index in [1.54, 1.807) is 12.1 Å². The fourth-order valence-corrected chi connectivity index (χ4v) is 2.33. The number of rotatable bonds is 6. The summed E-state index contributed by atoms with van der Waals surface area (Å²) in [6, 6.07) is 5.10. The van der Waals surface area contributed by atoms with E-state index >= 15 is 0 Å². The molecule has 0 saturated carbocycles. The van der Waals surface area contributed by atoms with Crippen LogP contribution < -0.4 is 5.32 Å². The second kappa shape index (κ2) is 8.43. The van der Waals surface area contributed by atoms with Gasteiger partial charge in [-0.1, -0.05) is 6.07 Å². The van der Waals surface area contributed by atoms with Gasteiger partial charge in [0, 0.05) is 25.2 Å². The van der Waals surface area contributed by atoms with E-state index in [1.165, 1.54) is 0 Å². The third-order valence-corrected chi connectivity index (χ3v) is 4.00. The zero-order valence-electron chi connectivity index (χ0n) is 14.6. The minimum atomic E-state index is -0.532. The predicted molar refractivity (Wildman–Crippen MR) is 96.0 cm³/mol. The van der Waals surface area contributed by atoms with E-state index in [0.717, 1.165) is 5.56 Å². The SMILES string of the molecule is C[C@H](CNC(=O)OC(C)(C)C)N(C)Cc1ccc(Br)c([N+](=O)[O-])c1. The van der Waals surface area contributed by atoms with Crippen LogP contribution in [0.4, 0.5) is 10.5 Å². The standard InChI is InChI=1S/C16H24BrN3O4/c1-11(9-18-15(21)24-16(2,3)4)19(5)10-12-6-7-13(17)14(8-12)20(22)23/h6-8,11H,9-10H2,1-5H3,(H,18,21)/t11-/m1/s1. The zero-order valence-corrected chi connectivity index (χ0v) is 16.2. The fraction of sp³-hybridized carbons (Fsp3) is 0.562. The van der Waals surface area contributed by atoms with Gasteiger partial charge in [0.2, 0.25) is 0 Å². The van der Waals surface area contributed by atoms with Gasteiger partial charge in [0.25, 0.3) is 5.69 Å². The second-order valence-corrected chi connectivity index (χ2v) is 7.54. The molecule has 0 spiro atoms. The van der Waals surface area contributed by atoms with Gasteiger partial charge in [0.15, 0.2) is 0 Å². The number of carbonyl (C=O) groups is 1. The van der Waals surface area contributed by atoms with Gasteiger partial charge >= 0.3 is 6.09 Å². The molecule has 0 radical (unpaired) electrons. The molecule has 1 aromatic rings. The van der Waals surface area contributed by atoms with Crippen LogP contribution in [0.25, 0.3) is 0 Å². The molecule has 0 bridgehead atoms. The minimum Gasteiger partial charge on any atom is -0.444 e. The average Bonchev–Trinajstić information content (AvgIpc) is 2.44. The lowest BCUT2D eigenvalue weighted by Crippen LogP contribution is -2.41. The molecular formula is C16H24BrN3O4. The van der Waals surface area contributed by atoms with E-state index < -0.39 is 16.6 Å². The first-order valence-electron chi connectivity index (χ1n) is 7.59. The van der Waals surface area contributed by atoms with Gasteiger partial charge in [-0.25, -0.2) is 4.79 Å². The summed E-state index contributed by atoms with van der Waals surface area (Å²) in [5.74, 6) is 0. The van der Waals surface area contributed by atoms with Gasteiger partial charge in [-0.3, -0.25) is 15.0 Å². The Morgan fingerprint density at radius 2 is 2.08 bits per heavy atom. The number of halogens is 1. The summed E-state index contributed by atoms with van der Waals surface area (Å²) in [4.78, 5) is 24.2. The van der Waals surface area contributed by atoms with Gasteiger partial charge in [-0.2, -0.15) is 0 Å². The highest BCUT2D eigenvalue weighted by Gasteiger charge is 2.18. The Labute approximate surface area is 150 Å². The van der Waals surface area contributed by atoms with Crippen molar-refractivity contribution in [2.45, 2.75) is 45.9 Å². The van der Waals surface area contributed by atoms with Crippen molar-refractivity contribution in [3.05, 3.63) is 38.3 Å².